The van der Waals surface area contributed by atoms with Crippen molar-refractivity contribution in [2.75, 3.05) is 32.8 Å². The van der Waals surface area contributed by atoms with E-state index in [1.165, 1.54) is 5.56 Å². The summed E-state index contributed by atoms with van der Waals surface area (Å²) in [5, 5.41) is 10.4. The fraction of sp³-hybridized carbons (Fsp3) is 0.559. The van der Waals surface area contributed by atoms with Crippen LogP contribution in [0.25, 0.3) is 0 Å². The molecule has 0 bridgehead atoms. The smallest absolute Gasteiger partial charge is 0.245 e. The lowest BCUT2D eigenvalue weighted by atomic mass is 9.65. The Morgan fingerprint density at radius 3 is 2.42 bits per heavy atom. The minimum atomic E-state index is -0.715. The van der Waals surface area contributed by atoms with Crippen molar-refractivity contribution in [2.24, 2.45) is 11.3 Å². The Morgan fingerprint density at radius 1 is 1.02 bits per heavy atom. The molecule has 2 saturated heterocycles. The topological polar surface area (TPSA) is 99.8 Å². The van der Waals surface area contributed by atoms with Crippen molar-refractivity contribution in [2.45, 2.75) is 76.9 Å². The van der Waals surface area contributed by atoms with Gasteiger partial charge in [-0.1, -0.05) is 48.0 Å². The maximum atomic E-state index is 14.1. The van der Waals surface area contributed by atoms with Crippen LogP contribution in [0.3, 0.4) is 0 Å². The lowest BCUT2D eigenvalue weighted by Crippen LogP contribution is -2.58. The Hall–Kier alpha value is -2.94. The van der Waals surface area contributed by atoms with Crippen molar-refractivity contribution in [1.29, 1.82) is 0 Å². The highest BCUT2D eigenvalue weighted by Crippen LogP contribution is 2.44. The summed E-state index contributed by atoms with van der Waals surface area (Å²) in [6.45, 7) is 7.08. The van der Waals surface area contributed by atoms with E-state index in [0.717, 1.165) is 36.9 Å². The van der Waals surface area contributed by atoms with Gasteiger partial charge in [-0.25, -0.2) is 0 Å². The number of amides is 3. The molecule has 3 aliphatic heterocycles. The summed E-state index contributed by atoms with van der Waals surface area (Å²) >= 11 is 6.12. The largest absolute Gasteiger partial charge is 0.381 e. The number of benzene rings is 2. The number of hydrogen-bond donors (Lipinski definition) is 3. The first-order chi connectivity index (χ1) is 20.7. The number of likely N-dealkylation sites (tertiary alicyclic amines) is 1. The Labute approximate surface area is 260 Å². The summed E-state index contributed by atoms with van der Waals surface area (Å²) in [6.07, 6.45) is 4.47. The third-order valence-electron chi connectivity index (χ3n) is 9.43. The molecule has 0 radical (unpaired) electrons. The van der Waals surface area contributed by atoms with Gasteiger partial charge in [0, 0.05) is 56.3 Å². The van der Waals surface area contributed by atoms with Gasteiger partial charge in [-0.3, -0.25) is 14.4 Å². The fourth-order valence-electron chi connectivity index (χ4n) is 7.09. The second-order valence-electron chi connectivity index (χ2n) is 12.6. The number of carbonyl (C=O) groups is 3. The van der Waals surface area contributed by atoms with E-state index in [1.807, 2.05) is 43.0 Å². The number of halogens is 1. The minimum absolute atomic E-state index is 0.0495. The summed E-state index contributed by atoms with van der Waals surface area (Å²) in [4.78, 5) is 43.0. The van der Waals surface area contributed by atoms with E-state index in [4.69, 9.17) is 16.3 Å². The third kappa shape index (κ3) is 7.59. The molecule has 232 valence electrons. The van der Waals surface area contributed by atoms with Crippen LogP contribution < -0.4 is 16.0 Å². The molecule has 2 aromatic carbocycles. The summed E-state index contributed by atoms with van der Waals surface area (Å²) in [5.41, 5.74) is 2.81. The number of fused-ring (bicyclic) bond motifs is 1. The molecular formula is C34H45ClN4O4. The predicted octanol–water partition coefficient (Wildman–Crippen LogP) is 4.20. The summed E-state index contributed by atoms with van der Waals surface area (Å²) in [6, 6.07) is 14.9. The lowest BCUT2D eigenvalue weighted by molar-refractivity contribution is -0.148. The number of piperidine rings is 1. The van der Waals surface area contributed by atoms with Crippen molar-refractivity contribution in [3.63, 3.8) is 0 Å². The predicted molar refractivity (Wildman–Crippen MR) is 168 cm³/mol. The SMILES string of the molecule is CC(C)NC(=O)C1(C2CCOCC2)CCN(C(=O)[C@@H](Cc2ccc(Cl)cc2)NC(=O)CC2NCCc3ccccc32)CC1. The maximum absolute atomic E-state index is 14.1. The first-order valence-corrected chi connectivity index (χ1v) is 16.2. The van der Waals surface area contributed by atoms with Crippen LogP contribution in [0.1, 0.15) is 68.7 Å². The van der Waals surface area contributed by atoms with Crippen molar-refractivity contribution in [3.8, 4) is 0 Å². The highest BCUT2D eigenvalue weighted by molar-refractivity contribution is 6.30. The fourth-order valence-corrected chi connectivity index (χ4v) is 7.22. The minimum Gasteiger partial charge on any atom is -0.381 e. The molecular weight excluding hydrogens is 564 g/mol. The molecule has 0 spiro atoms. The zero-order valence-corrected chi connectivity index (χ0v) is 26.1. The maximum Gasteiger partial charge on any atom is 0.245 e. The quantitative estimate of drug-likeness (QED) is 0.396. The third-order valence-corrected chi connectivity index (χ3v) is 9.69. The first kappa shape index (κ1) is 31.5. The monoisotopic (exact) mass is 608 g/mol. The molecule has 2 fully saturated rings. The zero-order chi connectivity index (χ0) is 30.4. The molecule has 2 aromatic rings. The Kier molecular flexibility index (Phi) is 10.4. The van der Waals surface area contributed by atoms with E-state index in [-0.39, 0.29) is 42.1 Å². The second kappa shape index (κ2) is 14.2. The number of rotatable bonds is 9. The number of ether oxygens (including phenoxy) is 1. The van der Waals surface area contributed by atoms with Crippen LogP contribution in [-0.2, 0) is 32.0 Å². The van der Waals surface area contributed by atoms with Crippen LogP contribution in [0, 0.1) is 11.3 Å². The van der Waals surface area contributed by atoms with Gasteiger partial charge in [0.05, 0.1) is 5.41 Å². The molecule has 3 heterocycles. The highest BCUT2D eigenvalue weighted by Gasteiger charge is 2.48. The normalized spacial score (nSPS) is 21.1. The Bertz CT molecular complexity index is 1270. The Balaban J connectivity index is 1.30. The van der Waals surface area contributed by atoms with E-state index in [0.29, 0.717) is 50.6 Å². The molecule has 5 rings (SSSR count). The molecule has 0 aliphatic carbocycles. The average molecular weight is 609 g/mol. The van der Waals surface area contributed by atoms with Gasteiger partial charge in [-0.15, -0.1) is 0 Å². The van der Waals surface area contributed by atoms with Gasteiger partial charge in [-0.05, 0) is 87.2 Å². The standard InChI is InChI=1S/C34H45ClN4O4/c1-23(2)37-33(42)34(26-12-19-43-20-13-26)14-17-39(18-15-34)32(41)30(21-24-7-9-27(35)10-8-24)38-31(40)22-29-28-6-4-3-5-25(28)11-16-36-29/h3-10,23,26,29-30,36H,11-22H2,1-2H3,(H,37,42)(H,38,40)/t29?,30-/m1/s1. The van der Waals surface area contributed by atoms with Crippen LogP contribution in [-0.4, -0.2) is 67.6 Å². The van der Waals surface area contributed by atoms with Gasteiger partial charge in [-0.2, -0.15) is 0 Å². The van der Waals surface area contributed by atoms with Crippen LogP contribution in [0.4, 0.5) is 0 Å². The van der Waals surface area contributed by atoms with E-state index in [2.05, 4.69) is 28.1 Å². The number of nitrogens with zero attached hydrogens (tertiary/aromatic N) is 1. The number of nitrogens with one attached hydrogen (secondary N) is 3. The lowest BCUT2D eigenvalue weighted by Gasteiger charge is -2.47. The van der Waals surface area contributed by atoms with E-state index < -0.39 is 11.5 Å². The molecule has 8 nitrogen and oxygen atoms in total. The molecule has 0 saturated carbocycles. The van der Waals surface area contributed by atoms with Crippen LogP contribution >= 0.6 is 11.6 Å². The molecule has 43 heavy (non-hydrogen) atoms. The molecule has 9 heteroatoms. The van der Waals surface area contributed by atoms with E-state index >= 15 is 0 Å². The summed E-state index contributed by atoms with van der Waals surface area (Å²) in [5.74, 6) is 0.0528. The van der Waals surface area contributed by atoms with Gasteiger partial charge in [0.1, 0.15) is 6.04 Å². The molecule has 2 atom stereocenters. The van der Waals surface area contributed by atoms with Gasteiger partial charge >= 0.3 is 0 Å². The summed E-state index contributed by atoms with van der Waals surface area (Å²) < 4.78 is 5.61. The van der Waals surface area contributed by atoms with Crippen LogP contribution in [0.5, 0.6) is 0 Å². The van der Waals surface area contributed by atoms with E-state index in [1.54, 1.807) is 12.1 Å². The van der Waals surface area contributed by atoms with Crippen molar-refractivity contribution in [1.82, 2.24) is 20.9 Å². The van der Waals surface area contributed by atoms with Crippen LogP contribution in [0.2, 0.25) is 5.02 Å². The van der Waals surface area contributed by atoms with Gasteiger partial charge in [0.25, 0.3) is 0 Å². The zero-order valence-electron chi connectivity index (χ0n) is 25.4. The second-order valence-corrected chi connectivity index (χ2v) is 13.0. The molecule has 3 N–H and O–H groups in total. The molecule has 3 amide bonds. The van der Waals surface area contributed by atoms with E-state index in [9.17, 15) is 14.4 Å². The first-order valence-electron chi connectivity index (χ1n) is 15.8. The van der Waals surface area contributed by atoms with Crippen molar-refractivity contribution < 1.29 is 19.1 Å². The summed E-state index contributed by atoms with van der Waals surface area (Å²) in [7, 11) is 0. The van der Waals surface area contributed by atoms with Gasteiger partial charge in [0.2, 0.25) is 17.7 Å². The van der Waals surface area contributed by atoms with Crippen molar-refractivity contribution in [3.05, 3.63) is 70.2 Å². The number of hydrogen-bond acceptors (Lipinski definition) is 5. The molecule has 3 aliphatic rings. The van der Waals surface area contributed by atoms with Gasteiger partial charge < -0.3 is 25.6 Å². The molecule has 1 unspecified atom stereocenters. The molecule has 0 aromatic heterocycles. The van der Waals surface area contributed by atoms with Crippen molar-refractivity contribution >= 4 is 29.3 Å². The Morgan fingerprint density at radius 2 is 1.72 bits per heavy atom. The number of carbonyl (C=O) groups excluding carboxylic acids is 3. The highest BCUT2D eigenvalue weighted by atomic mass is 35.5. The van der Waals surface area contributed by atoms with Crippen LogP contribution in [0.15, 0.2) is 48.5 Å². The van der Waals surface area contributed by atoms with Gasteiger partial charge in [0.15, 0.2) is 0 Å². The average Bonchev–Trinajstić information content (AvgIpc) is 3.02.